The predicted octanol–water partition coefficient (Wildman–Crippen LogP) is 5.24. The summed E-state index contributed by atoms with van der Waals surface area (Å²) in [4.78, 5) is 0. The second kappa shape index (κ2) is 7.74. The Morgan fingerprint density at radius 2 is 1.68 bits per heavy atom. The Morgan fingerprint density at radius 1 is 0.960 bits per heavy atom. The molecule has 0 bridgehead atoms. The summed E-state index contributed by atoms with van der Waals surface area (Å²) in [6, 6.07) is 18.3. The van der Waals surface area contributed by atoms with Crippen molar-refractivity contribution in [1.82, 2.24) is 10.2 Å². The number of hydrogen-bond acceptors (Lipinski definition) is 5. The van der Waals surface area contributed by atoms with E-state index in [9.17, 15) is 0 Å². The Labute approximate surface area is 152 Å². The normalized spacial score (nSPS) is 11.5. The van der Waals surface area contributed by atoms with E-state index in [2.05, 4.69) is 55.2 Å². The molecule has 0 saturated heterocycles. The molecule has 1 heterocycles. The summed E-state index contributed by atoms with van der Waals surface area (Å²) in [5.74, 6) is 2.08. The summed E-state index contributed by atoms with van der Waals surface area (Å²) in [6.07, 6.45) is 0. The minimum Gasteiger partial charge on any atom is -0.484 e. The molecule has 3 aromatic rings. The topological polar surface area (TPSA) is 48.2 Å². The van der Waals surface area contributed by atoms with Crippen molar-refractivity contribution in [2.24, 2.45) is 0 Å². The number of aromatic nitrogens is 2. The Kier molecular flexibility index (Phi) is 5.43. The summed E-state index contributed by atoms with van der Waals surface area (Å²) in [6.45, 7) is 6.84. The maximum Gasteiger partial charge on any atom is 0.277 e. The van der Waals surface area contributed by atoms with E-state index >= 15 is 0 Å². The van der Waals surface area contributed by atoms with Gasteiger partial charge in [-0.15, -0.1) is 10.2 Å². The molecule has 0 atom stereocenters. The molecule has 1 aromatic heterocycles. The second-order valence-corrected chi connectivity index (χ2v) is 7.73. The summed E-state index contributed by atoms with van der Waals surface area (Å²) in [5.41, 5.74) is 2.63. The number of hydrogen-bond donors (Lipinski definition) is 0. The Bertz CT molecular complexity index is 793. The second-order valence-electron chi connectivity index (χ2n) is 6.80. The fraction of sp³-hybridized carbons (Fsp3) is 0.300. The van der Waals surface area contributed by atoms with Crippen LogP contribution in [0.25, 0.3) is 0 Å². The molecule has 0 fully saturated rings. The number of rotatable bonds is 6. The molecule has 0 aliphatic heterocycles. The molecule has 130 valence electrons. The van der Waals surface area contributed by atoms with Gasteiger partial charge < -0.3 is 9.15 Å². The first-order chi connectivity index (χ1) is 12.0. The first-order valence-electron chi connectivity index (χ1n) is 8.23. The lowest BCUT2D eigenvalue weighted by atomic mass is 9.87. The van der Waals surface area contributed by atoms with Crippen LogP contribution in [0.4, 0.5) is 0 Å². The highest BCUT2D eigenvalue weighted by molar-refractivity contribution is 7.98. The van der Waals surface area contributed by atoms with E-state index < -0.39 is 0 Å². The molecular formula is C20H22N2O2S. The molecule has 0 saturated carbocycles. The highest BCUT2D eigenvalue weighted by Crippen LogP contribution is 2.25. The lowest BCUT2D eigenvalue weighted by Crippen LogP contribution is -2.10. The average molecular weight is 354 g/mol. The quantitative estimate of drug-likeness (QED) is 0.567. The van der Waals surface area contributed by atoms with Gasteiger partial charge in [0, 0.05) is 5.75 Å². The minimum absolute atomic E-state index is 0.135. The third-order valence-electron chi connectivity index (χ3n) is 3.74. The van der Waals surface area contributed by atoms with Crippen molar-refractivity contribution in [2.75, 3.05) is 0 Å². The van der Waals surface area contributed by atoms with Crippen molar-refractivity contribution in [3.05, 3.63) is 71.6 Å². The van der Waals surface area contributed by atoms with Gasteiger partial charge >= 0.3 is 0 Å². The molecule has 0 aliphatic carbocycles. The van der Waals surface area contributed by atoms with Gasteiger partial charge in [0.05, 0.1) is 0 Å². The van der Waals surface area contributed by atoms with Crippen LogP contribution in [0, 0.1) is 0 Å². The molecule has 0 N–H and O–H groups in total. The highest BCUT2D eigenvalue weighted by Gasteiger charge is 2.13. The molecule has 0 radical (unpaired) electrons. The average Bonchev–Trinajstić information content (AvgIpc) is 3.07. The molecule has 3 rings (SSSR count). The van der Waals surface area contributed by atoms with Gasteiger partial charge in [-0.3, -0.25) is 0 Å². The van der Waals surface area contributed by atoms with Gasteiger partial charge in [-0.2, -0.15) is 0 Å². The fourth-order valence-corrected chi connectivity index (χ4v) is 3.01. The van der Waals surface area contributed by atoms with E-state index in [0.29, 0.717) is 11.1 Å². The molecular weight excluding hydrogens is 332 g/mol. The first-order valence-corrected chi connectivity index (χ1v) is 9.22. The van der Waals surface area contributed by atoms with E-state index in [-0.39, 0.29) is 12.0 Å². The van der Waals surface area contributed by atoms with Crippen LogP contribution in [-0.2, 0) is 17.8 Å². The van der Waals surface area contributed by atoms with E-state index in [4.69, 9.17) is 9.15 Å². The van der Waals surface area contributed by atoms with Crippen molar-refractivity contribution in [2.45, 2.75) is 43.8 Å². The molecule has 2 aromatic carbocycles. The molecule has 0 unspecified atom stereocenters. The van der Waals surface area contributed by atoms with Crippen LogP contribution in [0.5, 0.6) is 5.75 Å². The van der Waals surface area contributed by atoms with Gasteiger partial charge in [0.2, 0.25) is 0 Å². The summed E-state index contributed by atoms with van der Waals surface area (Å²) in [5, 5.41) is 8.65. The van der Waals surface area contributed by atoms with Crippen LogP contribution in [0.2, 0.25) is 0 Å². The Balaban J connectivity index is 1.51. The van der Waals surface area contributed by atoms with Gasteiger partial charge in [-0.05, 0) is 28.7 Å². The largest absolute Gasteiger partial charge is 0.484 e. The number of thioether (sulfide) groups is 1. The van der Waals surface area contributed by atoms with Crippen LogP contribution >= 0.6 is 11.8 Å². The smallest absolute Gasteiger partial charge is 0.277 e. The monoisotopic (exact) mass is 354 g/mol. The number of benzene rings is 2. The van der Waals surface area contributed by atoms with Crippen molar-refractivity contribution < 1.29 is 9.15 Å². The van der Waals surface area contributed by atoms with Crippen molar-refractivity contribution >= 4 is 11.8 Å². The zero-order valence-corrected chi connectivity index (χ0v) is 15.5. The molecule has 0 amide bonds. The van der Waals surface area contributed by atoms with Crippen molar-refractivity contribution in [1.29, 1.82) is 0 Å². The fourth-order valence-electron chi connectivity index (χ4n) is 2.27. The van der Waals surface area contributed by atoms with Gasteiger partial charge in [-0.25, -0.2) is 0 Å². The van der Waals surface area contributed by atoms with E-state index in [0.717, 1.165) is 11.5 Å². The third kappa shape index (κ3) is 5.10. The Morgan fingerprint density at radius 3 is 2.36 bits per heavy atom. The van der Waals surface area contributed by atoms with Gasteiger partial charge in [-0.1, -0.05) is 75.0 Å². The molecule has 5 heteroatoms. The maximum atomic E-state index is 5.73. The van der Waals surface area contributed by atoms with Crippen LogP contribution in [-0.4, -0.2) is 10.2 Å². The van der Waals surface area contributed by atoms with Gasteiger partial charge in [0.1, 0.15) is 5.75 Å². The zero-order chi connectivity index (χ0) is 17.7. The maximum absolute atomic E-state index is 5.73. The van der Waals surface area contributed by atoms with Crippen LogP contribution in [0.3, 0.4) is 0 Å². The molecule has 0 spiro atoms. The summed E-state index contributed by atoms with van der Waals surface area (Å²) >= 11 is 1.52. The third-order valence-corrected chi connectivity index (χ3v) is 4.63. The molecule has 25 heavy (non-hydrogen) atoms. The standard InChI is InChI=1S/C20H22N2O2S/c1-20(2,3)16-9-11-17(12-10-16)23-13-18-21-22-19(24-18)25-14-15-7-5-4-6-8-15/h4-12H,13-14H2,1-3H3. The SMILES string of the molecule is CC(C)(C)c1ccc(OCc2nnc(SCc3ccccc3)o2)cc1. The van der Waals surface area contributed by atoms with Gasteiger partial charge in [0.25, 0.3) is 11.1 Å². The van der Waals surface area contributed by atoms with Crippen LogP contribution in [0.15, 0.2) is 64.2 Å². The predicted molar refractivity (Wildman–Crippen MR) is 99.8 cm³/mol. The van der Waals surface area contributed by atoms with Crippen molar-refractivity contribution in [3.63, 3.8) is 0 Å². The number of nitrogens with zero attached hydrogens (tertiary/aromatic N) is 2. The summed E-state index contributed by atoms with van der Waals surface area (Å²) in [7, 11) is 0. The minimum atomic E-state index is 0.135. The molecule has 0 aliphatic rings. The highest BCUT2D eigenvalue weighted by atomic mass is 32.2. The lowest BCUT2D eigenvalue weighted by Gasteiger charge is -2.19. The Hall–Kier alpha value is -2.27. The van der Waals surface area contributed by atoms with Crippen LogP contribution in [0.1, 0.15) is 37.8 Å². The zero-order valence-electron chi connectivity index (χ0n) is 14.7. The first kappa shape index (κ1) is 17.5. The van der Waals surface area contributed by atoms with E-state index in [1.54, 1.807) is 0 Å². The summed E-state index contributed by atoms with van der Waals surface area (Å²) < 4.78 is 11.4. The van der Waals surface area contributed by atoms with E-state index in [1.807, 2.05) is 30.3 Å². The lowest BCUT2D eigenvalue weighted by molar-refractivity contribution is 0.252. The van der Waals surface area contributed by atoms with E-state index in [1.165, 1.54) is 22.9 Å². The van der Waals surface area contributed by atoms with Crippen LogP contribution < -0.4 is 4.74 Å². The van der Waals surface area contributed by atoms with Crippen molar-refractivity contribution in [3.8, 4) is 5.75 Å². The number of ether oxygens (including phenoxy) is 1. The van der Waals surface area contributed by atoms with Gasteiger partial charge in [0.15, 0.2) is 6.61 Å². The molecule has 4 nitrogen and oxygen atoms in total.